The van der Waals surface area contributed by atoms with Gasteiger partial charge in [-0.2, -0.15) is 0 Å². The standard InChI is InChI=1S/C25H20FN3O/c1-2-30-20-12-13-23-21(14-20)25-22(24(27-28-25)18-6-4-3-5-7-18)16-29(23)15-17-8-10-19(26)11-9-17/h3-14,16H,2,15H2,1H3. The third kappa shape index (κ3) is 3.28. The van der Waals surface area contributed by atoms with Crippen molar-refractivity contribution in [2.75, 3.05) is 6.61 Å². The van der Waals surface area contributed by atoms with Gasteiger partial charge in [-0.15, -0.1) is 10.2 Å². The Kier molecular flexibility index (Phi) is 4.64. The molecule has 0 spiro atoms. The van der Waals surface area contributed by atoms with Crippen LogP contribution in [0.4, 0.5) is 4.39 Å². The molecule has 2 heterocycles. The summed E-state index contributed by atoms with van der Waals surface area (Å²) in [5.41, 5.74) is 5.74. The smallest absolute Gasteiger partial charge is 0.123 e. The highest BCUT2D eigenvalue weighted by molar-refractivity contribution is 5.98. The Balaban J connectivity index is 1.72. The molecule has 5 rings (SSSR count). The number of nitrogens with zero attached hydrogens (tertiary/aromatic N) is 3. The molecular formula is C25H20FN3O. The van der Waals surface area contributed by atoms with E-state index in [1.165, 1.54) is 12.1 Å². The van der Waals surface area contributed by atoms with Crippen LogP contribution in [-0.4, -0.2) is 21.4 Å². The molecule has 0 N–H and O–H groups in total. The van der Waals surface area contributed by atoms with Gasteiger partial charge in [-0.1, -0.05) is 42.5 Å². The Hall–Kier alpha value is -3.73. The number of rotatable bonds is 5. The summed E-state index contributed by atoms with van der Waals surface area (Å²) in [7, 11) is 0. The molecule has 0 fully saturated rings. The fraction of sp³-hybridized carbons (Fsp3) is 0.120. The molecule has 30 heavy (non-hydrogen) atoms. The average molecular weight is 397 g/mol. The molecule has 0 saturated heterocycles. The molecule has 0 unspecified atom stereocenters. The van der Waals surface area contributed by atoms with E-state index < -0.39 is 0 Å². The summed E-state index contributed by atoms with van der Waals surface area (Å²) in [5.74, 6) is 0.566. The SMILES string of the molecule is CCOc1ccc2c(c1)c1nnc(-c3ccccc3)c-1cn2Cc1ccc(F)cc1. The molecule has 0 saturated carbocycles. The lowest BCUT2D eigenvalue weighted by molar-refractivity contribution is 0.340. The summed E-state index contributed by atoms with van der Waals surface area (Å²) in [6, 6.07) is 22.7. The highest BCUT2D eigenvalue weighted by Crippen LogP contribution is 2.37. The molecule has 0 amide bonds. The van der Waals surface area contributed by atoms with E-state index in [2.05, 4.69) is 21.0 Å². The molecule has 3 aromatic carbocycles. The van der Waals surface area contributed by atoms with Gasteiger partial charge < -0.3 is 9.30 Å². The number of ether oxygens (including phenoxy) is 1. The van der Waals surface area contributed by atoms with E-state index >= 15 is 0 Å². The van der Waals surface area contributed by atoms with E-state index in [0.717, 1.165) is 44.7 Å². The number of benzene rings is 3. The van der Waals surface area contributed by atoms with Crippen LogP contribution in [0.15, 0.2) is 79.0 Å². The van der Waals surface area contributed by atoms with Crippen molar-refractivity contribution < 1.29 is 9.13 Å². The first kappa shape index (κ1) is 18.3. The predicted octanol–water partition coefficient (Wildman–Crippen LogP) is 5.79. The van der Waals surface area contributed by atoms with Crippen molar-refractivity contribution in [3.63, 3.8) is 0 Å². The largest absolute Gasteiger partial charge is 0.494 e. The van der Waals surface area contributed by atoms with Crippen LogP contribution in [0.25, 0.3) is 33.4 Å². The second-order valence-electron chi connectivity index (χ2n) is 7.17. The lowest BCUT2D eigenvalue weighted by Gasteiger charge is -2.16. The minimum absolute atomic E-state index is 0.235. The van der Waals surface area contributed by atoms with E-state index in [1.807, 2.05) is 67.6 Å². The number of halogens is 1. The van der Waals surface area contributed by atoms with E-state index in [4.69, 9.17) is 4.74 Å². The Morgan fingerprint density at radius 1 is 0.900 bits per heavy atom. The molecule has 148 valence electrons. The first-order valence-corrected chi connectivity index (χ1v) is 9.95. The van der Waals surface area contributed by atoms with Crippen molar-refractivity contribution in [1.29, 1.82) is 0 Å². The molecular weight excluding hydrogens is 377 g/mol. The highest BCUT2D eigenvalue weighted by Gasteiger charge is 2.20. The van der Waals surface area contributed by atoms with Crippen molar-refractivity contribution in [1.82, 2.24) is 14.8 Å². The van der Waals surface area contributed by atoms with Crippen LogP contribution in [-0.2, 0) is 6.54 Å². The summed E-state index contributed by atoms with van der Waals surface area (Å²) >= 11 is 0. The first-order valence-electron chi connectivity index (χ1n) is 9.95. The first-order chi connectivity index (χ1) is 14.7. The molecule has 2 aliphatic heterocycles. The van der Waals surface area contributed by atoms with Crippen LogP contribution < -0.4 is 4.74 Å². The van der Waals surface area contributed by atoms with Crippen LogP contribution in [0.1, 0.15) is 12.5 Å². The van der Waals surface area contributed by atoms with Gasteiger partial charge in [0, 0.05) is 29.3 Å². The summed E-state index contributed by atoms with van der Waals surface area (Å²) < 4.78 is 21.3. The van der Waals surface area contributed by atoms with Gasteiger partial charge in [-0.3, -0.25) is 0 Å². The summed E-state index contributed by atoms with van der Waals surface area (Å²) in [6.07, 6.45) is 2.09. The molecule has 0 bridgehead atoms. The van der Waals surface area contributed by atoms with Gasteiger partial charge in [0.2, 0.25) is 0 Å². The van der Waals surface area contributed by atoms with Gasteiger partial charge in [-0.25, -0.2) is 4.39 Å². The van der Waals surface area contributed by atoms with Crippen LogP contribution in [0, 0.1) is 5.82 Å². The maximum Gasteiger partial charge on any atom is 0.123 e. The van der Waals surface area contributed by atoms with Crippen LogP contribution in [0.3, 0.4) is 0 Å². The molecule has 0 aliphatic carbocycles. The summed E-state index contributed by atoms with van der Waals surface area (Å²) in [6.45, 7) is 3.18. The molecule has 0 atom stereocenters. The number of fused-ring (bicyclic) bond motifs is 3. The third-order valence-corrected chi connectivity index (χ3v) is 5.20. The normalized spacial score (nSPS) is 11.3. The van der Waals surface area contributed by atoms with Gasteiger partial charge in [0.25, 0.3) is 0 Å². The Morgan fingerprint density at radius 2 is 1.67 bits per heavy atom. The minimum Gasteiger partial charge on any atom is -0.494 e. The van der Waals surface area contributed by atoms with E-state index in [1.54, 1.807) is 0 Å². The number of pyridine rings is 1. The van der Waals surface area contributed by atoms with Crippen LogP contribution in [0.2, 0.25) is 0 Å². The molecule has 0 radical (unpaired) electrons. The lowest BCUT2D eigenvalue weighted by atomic mass is 10.0. The van der Waals surface area contributed by atoms with Gasteiger partial charge in [-0.05, 0) is 42.8 Å². The van der Waals surface area contributed by atoms with Crippen molar-refractivity contribution >= 4 is 10.9 Å². The molecule has 0 aromatic heterocycles. The Morgan fingerprint density at radius 3 is 2.43 bits per heavy atom. The zero-order chi connectivity index (χ0) is 20.5. The second kappa shape index (κ2) is 7.59. The highest BCUT2D eigenvalue weighted by atomic mass is 19.1. The number of hydrogen-bond acceptors (Lipinski definition) is 3. The zero-order valence-corrected chi connectivity index (χ0v) is 16.5. The van der Waals surface area contributed by atoms with Crippen molar-refractivity contribution in [3.05, 3.63) is 90.4 Å². The van der Waals surface area contributed by atoms with E-state index in [9.17, 15) is 4.39 Å². The van der Waals surface area contributed by atoms with Gasteiger partial charge in [0.1, 0.15) is 23.0 Å². The van der Waals surface area contributed by atoms with Gasteiger partial charge >= 0.3 is 0 Å². The summed E-state index contributed by atoms with van der Waals surface area (Å²) in [5, 5.41) is 9.99. The predicted molar refractivity (Wildman–Crippen MR) is 116 cm³/mol. The van der Waals surface area contributed by atoms with Gasteiger partial charge in [0.05, 0.1) is 12.1 Å². The summed E-state index contributed by atoms with van der Waals surface area (Å²) in [4.78, 5) is 0. The second-order valence-corrected chi connectivity index (χ2v) is 7.17. The van der Waals surface area contributed by atoms with Crippen molar-refractivity contribution in [2.45, 2.75) is 13.5 Å². The fourth-order valence-corrected chi connectivity index (χ4v) is 3.80. The van der Waals surface area contributed by atoms with Gasteiger partial charge in [0.15, 0.2) is 0 Å². The average Bonchev–Trinajstić information content (AvgIpc) is 3.20. The lowest BCUT2D eigenvalue weighted by Crippen LogP contribution is -2.04. The van der Waals surface area contributed by atoms with Crippen molar-refractivity contribution in [3.8, 4) is 28.3 Å². The van der Waals surface area contributed by atoms with E-state index in [0.29, 0.717) is 13.2 Å². The zero-order valence-electron chi connectivity index (χ0n) is 16.5. The topological polar surface area (TPSA) is 39.9 Å². The van der Waals surface area contributed by atoms with Crippen molar-refractivity contribution in [2.24, 2.45) is 0 Å². The molecule has 4 nitrogen and oxygen atoms in total. The maximum atomic E-state index is 13.4. The Bertz CT molecular complexity index is 1280. The number of hydrogen-bond donors (Lipinski definition) is 0. The number of aromatic nitrogens is 3. The quantitative estimate of drug-likeness (QED) is 0.377. The molecule has 3 aromatic rings. The van der Waals surface area contributed by atoms with E-state index in [-0.39, 0.29) is 5.82 Å². The fourth-order valence-electron chi connectivity index (χ4n) is 3.80. The monoisotopic (exact) mass is 397 g/mol. The molecule has 5 heteroatoms. The molecule has 2 aliphatic rings. The minimum atomic E-state index is -0.235. The van der Waals surface area contributed by atoms with Crippen LogP contribution >= 0.6 is 0 Å². The third-order valence-electron chi connectivity index (χ3n) is 5.20. The Labute approximate surface area is 173 Å². The maximum absolute atomic E-state index is 13.4. The van der Waals surface area contributed by atoms with Crippen LogP contribution in [0.5, 0.6) is 5.75 Å².